The second-order valence-electron chi connectivity index (χ2n) is 10.9. The van der Waals surface area contributed by atoms with Gasteiger partial charge in [-0.05, 0) is 106 Å². The number of amides is 1. The number of nitrogens with zero attached hydrogens (tertiary/aromatic N) is 2. The summed E-state index contributed by atoms with van der Waals surface area (Å²) in [6.45, 7) is 15.9. The molecule has 1 fully saturated rings. The van der Waals surface area contributed by atoms with Gasteiger partial charge in [0.15, 0.2) is 0 Å². The second kappa shape index (κ2) is 12.3. The molecule has 2 aromatic rings. The van der Waals surface area contributed by atoms with Crippen molar-refractivity contribution in [3.8, 4) is 5.75 Å². The van der Waals surface area contributed by atoms with Crippen molar-refractivity contribution in [2.24, 2.45) is 0 Å². The highest BCUT2D eigenvalue weighted by molar-refractivity contribution is 14.1. The Bertz CT molecular complexity index is 1100. The molecule has 0 aliphatic carbocycles. The zero-order valence-corrected chi connectivity index (χ0v) is 25.4. The van der Waals surface area contributed by atoms with Crippen molar-refractivity contribution in [3.63, 3.8) is 0 Å². The van der Waals surface area contributed by atoms with Crippen LogP contribution in [0.2, 0.25) is 0 Å². The minimum absolute atomic E-state index is 0.0244. The average Bonchev–Trinajstić information content (AvgIpc) is 2.81. The number of hydrogen-bond donors (Lipinski definition) is 0. The van der Waals surface area contributed by atoms with Gasteiger partial charge in [0.05, 0.1) is 6.10 Å². The standard InChI is InChI=1S/C29H40FIN2O4/c1-18-9-10-22(14-24(18)30)27(36-26-13-19(2)25(31)15-23(26)21(4)35-8)17-32-11-12-33(20(3)16-32)28(34)37-29(5,6)7/h9-10,13-15,20-21,27H,11-12,16-17H2,1-8H3/t20-,21?,27-/m1/s1. The van der Waals surface area contributed by atoms with E-state index in [9.17, 15) is 9.18 Å². The third-order valence-electron chi connectivity index (χ3n) is 6.68. The molecule has 0 N–H and O–H groups in total. The summed E-state index contributed by atoms with van der Waals surface area (Å²) in [6, 6.07) is 9.40. The fourth-order valence-corrected chi connectivity index (χ4v) is 4.91. The third-order valence-corrected chi connectivity index (χ3v) is 7.85. The zero-order chi connectivity index (χ0) is 27.5. The van der Waals surface area contributed by atoms with Crippen LogP contribution in [0.15, 0.2) is 30.3 Å². The van der Waals surface area contributed by atoms with Gasteiger partial charge in [0.25, 0.3) is 0 Å². The normalized spacial score (nSPS) is 18.4. The van der Waals surface area contributed by atoms with E-state index in [1.54, 1.807) is 31.1 Å². The molecule has 0 saturated carbocycles. The third kappa shape index (κ3) is 7.80. The molecule has 1 heterocycles. The number of piperazine rings is 1. The van der Waals surface area contributed by atoms with Gasteiger partial charge in [-0.15, -0.1) is 0 Å². The number of aryl methyl sites for hydroxylation is 2. The molecular formula is C29H40FIN2O4. The van der Waals surface area contributed by atoms with Gasteiger partial charge in [0.2, 0.25) is 0 Å². The first-order valence-corrected chi connectivity index (χ1v) is 13.8. The Balaban J connectivity index is 1.86. The van der Waals surface area contributed by atoms with Crippen molar-refractivity contribution in [2.75, 3.05) is 33.3 Å². The Morgan fingerprint density at radius 2 is 1.86 bits per heavy atom. The molecule has 1 unspecified atom stereocenters. The van der Waals surface area contributed by atoms with Crippen molar-refractivity contribution in [2.45, 2.75) is 72.3 Å². The van der Waals surface area contributed by atoms with E-state index in [1.165, 1.54) is 0 Å². The van der Waals surface area contributed by atoms with E-state index < -0.39 is 11.7 Å². The van der Waals surface area contributed by atoms with Gasteiger partial charge in [-0.1, -0.05) is 12.1 Å². The lowest BCUT2D eigenvalue weighted by atomic mass is 10.0. The van der Waals surface area contributed by atoms with Crippen LogP contribution in [-0.4, -0.2) is 60.8 Å². The van der Waals surface area contributed by atoms with Gasteiger partial charge in [-0.25, -0.2) is 9.18 Å². The molecule has 204 valence electrons. The Hall–Kier alpha value is -1.91. The van der Waals surface area contributed by atoms with Gasteiger partial charge in [-0.2, -0.15) is 0 Å². The molecule has 8 heteroatoms. The number of benzene rings is 2. The average molecular weight is 627 g/mol. The van der Waals surface area contributed by atoms with Crippen molar-refractivity contribution in [1.29, 1.82) is 0 Å². The summed E-state index contributed by atoms with van der Waals surface area (Å²) in [5.41, 5.74) is 2.90. The largest absolute Gasteiger partial charge is 0.484 e. The van der Waals surface area contributed by atoms with Crippen molar-refractivity contribution in [1.82, 2.24) is 9.80 Å². The van der Waals surface area contributed by atoms with Crippen LogP contribution in [-0.2, 0) is 9.47 Å². The van der Waals surface area contributed by atoms with E-state index in [2.05, 4.69) is 33.6 Å². The smallest absolute Gasteiger partial charge is 0.410 e. The number of hydrogen-bond acceptors (Lipinski definition) is 5. The summed E-state index contributed by atoms with van der Waals surface area (Å²) in [7, 11) is 1.68. The fourth-order valence-electron chi connectivity index (χ4n) is 4.42. The summed E-state index contributed by atoms with van der Waals surface area (Å²) in [5.74, 6) is 0.483. The highest BCUT2D eigenvalue weighted by Gasteiger charge is 2.32. The molecule has 0 radical (unpaired) electrons. The Morgan fingerprint density at radius 3 is 2.46 bits per heavy atom. The molecule has 1 aliphatic heterocycles. The summed E-state index contributed by atoms with van der Waals surface area (Å²) >= 11 is 2.32. The maximum atomic E-state index is 14.6. The minimum atomic E-state index is -0.537. The Morgan fingerprint density at radius 1 is 1.16 bits per heavy atom. The van der Waals surface area contributed by atoms with Crippen LogP contribution in [0.4, 0.5) is 9.18 Å². The number of carbonyl (C=O) groups is 1. The molecule has 6 nitrogen and oxygen atoms in total. The summed E-state index contributed by atoms with van der Waals surface area (Å²) < 4.78 is 33.6. The monoisotopic (exact) mass is 626 g/mol. The van der Waals surface area contributed by atoms with E-state index in [-0.39, 0.29) is 24.1 Å². The van der Waals surface area contributed by atoms with Gasteiger partial charge in [-0.3, -0.25) is 4.90 Å². The molecule has 2 aromatic carbocycles. The summed E-state index contributed by atoms with van der Waals surface area (Å²) in [5, 5.41) is 0. The number of carbonyl (C=O) groups excluding carboxylic acids is 1. The quantitative estimate of drug-likeness (QED) is 0.316. The molecule has 1 aliphatic rings. The van der Waals surface area contributed by atoms with Gasteiger partial charge in [0, 0.05) is 48.5 Å². The lowest BCUT2D eigenvalue weighted by Crippen LogP contribution is -2.55. The molecule has 0 spiro atoms. The van der Waals surface area contributed by atoms with E-state index in [1.807, 2.05) is 53.7 Å². The Labute approximate surface area is 234 Å². The van der Waals surface area contributed by atoms with E-state index in [4.69, 9.17) is 14.2 Å². The first-order chi connectivity index (χ1) is 17.3. The molecule has 37 heavy (non-hydrogen) atoms. The molecule has 1 amide bonds. The van der Waals surface area contributed by atoms with E-state index >= 15 is 0 Å². The fraction of sp³-hybridized carbons (Fsp3) is 0.552. The maximum absolute atomic E-state index is 14.6. The van der Waals surface area contributed by atoms with Crippen LogP contribution in [0.5, 0.6) is 5.75 Å². The molecule has 1 saturated heterocycles. The number of rotatable bonds is 7. The zero-order valence-electron chi connectivity index (χ0n) is 23.2. The van der Waals surface area contributed by atoms with Crippen LogP contribution in [0.25, 0.3) is 0 Å². The van der Waals surface area contributed by atoms with Crippen molar-refractivity contribution >= 4 is 28.7 Å². The van der Waals surface area contributed by atoms with Crippen LogP contribution >= 0.6 is 22.6 Å². The minimum Gasteiger partial charge on any atom is -0.484 e. The van der Waals surface area contributed by atoms with Crippen LogP contribution < -0.4 is 4.74 Å². The summed E-state index contributed by atoms with van der Waals surface area (Å²) in [4.78, 5) is 16.7. The molecule has 0 aromatic heterocycles. The predicted molar refractivity (Wildman–Crippen MR) is 153 cm³/mol. The number of halogens is 2. The topological polar surface area (TPSA) is 51.2 Å². The number of ether oxygens (including phenoxy) is 3. The second-order valence-corrected chi connectivity index (χ2v) is 12.1. The molecule has 0 bridgehead atoms. The lowest BCUT2D eigenvalue weighted by molar-refractivity contribution is -0.00312. The van der Waals surface area contributed by atoms with Crippen molar-refractivity contribution in [3.05, 3.63) is 62.0 Å². The van der Waals surface area contributed by atoms with Gasteiger partial charge in [0.1, 0.15) is 23.3 Å². The van der Waals surface area contributed by atoms with Crippen molar-refractivity contribution < 1.29 is 23.4 Å². The molecule has 3 rings (SSSR count). The van der Waals surface area contributed by atoms with Gasteiger partial charge >= 0.3 is 6.09 Å². The van der Waals surface area contributed by atoms with E-state index in [0.29, 0.717) is 31.7 Å². The van der Waals surface area contributed by atoms with E-state index in [0.717, 1.165) is 26.0 Å². The first kappa shape index (κ1) is 29.6. The van der Waals surface area contributed by atoms with Crippen LogP contribution in [0.3, 0.4) is 0 Å². The summed E-state index contributed by atoms with van der Waals surface area (Å²) in [6.07, 6.45) is -0.852. The molecule has 3 atom stereocenters. The Kier molecular flexibility index (Phi) is 9.85. The molecular weight excluding hydrogens is 586 g/mol. The SMILES string of the molecule is COC(C)c1cc(I)c(C)cc1O[C@H](CN1CCN(C(=O)OC(C)(C)C)[C@H](C)C1)c1ccc(C)c(F)c1. The highest BCUT2D eigenvalue weighted by Crippen LogP contribution is 2.35. The maximum Gasteiger partial charge on any atom is 0.410 e. The van der Waals surface area contributed by atoms with Crippen LogP contribution in [0, 0.1) is 23.2 Å². The van der Waals surface area contributed by atoms with Crippen LogP contribution in [0.1, 0.15) is 69.1 Å². The highest BCUT2D eigenvalue weighted by atomic mass is 127. The number of methoxy groups -OCH3 is 1. The predicted octanol–water partition coefficient (Wildman–Crippen LogP) is 6.82. The lowest BCUT2D eigenvalue weighted by Gasteiger charge is -2.41. The van der Waals surface area contributed by atoms with Gasteiger partial charge < -0.3 is 19.1 Å². The first-order valence-electron chi connectivity index (χ1n) is 12.8.